The van der Waals surface area contributed by atoms with E-state index in [9.17, 15) is 0 Å². The molecule has 0 aromatic carbocycles. The van der Waals surface area contributed by atoms with Crippen LogP contribution in [-0.2, 0) is 4.74 Å². The maximum atomic E-state index is 5.01. The fourth-order valence-corrected chi connectivity index (χ4v) is 2.40. The van der Waals surface area contributed by atoms with Crippen molar-refractivity contribution < 1.29 is 4.74 Å². The standard InChI is InChI=1S/C10H14N4OS/c1-7-6-9-12-13-10(16-5-4-15-3)14(9)8(2)11-7/h6H,4-5H2,1-3H3. The number of rotatable bonds is 4. The van der Waals surface area contributed by atoms with Gasteiger partial charge < -0.3 is 4.74 Å². The first-order valence-corrected chi connectivity index (χ1v) is 6.02. The third-order valence-electron chi connectivity index (χ3n) is 2.18. The molecular weight excluding hydrogens is 224 g/mol. The lowest BCUT2D eigenvalue weighted by Gasteiger charge is -2.03. The molecule has 0 N–H and O–H groups in total. The van der Waals surface area contributed by atoms with Crippen LogP contribution in [0, 0.1) is 13.8 Å². The van der Waals surface area contributed by atoms with E-state index in [0.29, 0.717) is 6.61 Å². The molecule has 0 aliphatic rings. The number of nitrogens with zero attached hydrogens (tertiary/aromatic N) is 4. The second-order valence-corrected chi connectivity index (χ2v) is 4.52. The molecule has 0 aliphatic carbocycles. The maximum Gasteiger partial charge on any atom is 0.197 e. The zero-order valence-corrected chi connectivity index (χ0v) is 10.4. The molecule has 0 saturated heterocycles. The third-order valence-corrected chi connectivity index (χ3v) is 3.07. The molecule has 0 unspecified atom stereocenters. The minimum Gasteiger partial charge on any atom is -0.384 e. The Morgan fingerprint density at radius 1 is 1.38 bits per heavy atom. The van der Waals surface area contributed by atoms with E-state index < -0.39 is 0 Å². The SMILES string of the molecule is COCCSc1nnc2cc(C)nc(C)n12. The van der Waals surface area contributed by atoms with Gasteiger partial charge >= 0.3 is 0 Å². The van der Waals surface area contributed by atoms with E-state index in [-0.39, 0.29) is 0 Å². The summed E-state index contributed by atoms with van der Waals surface area (Å²) in [7, 11) is 1.69. The molecule has 6 heteroatoms. The highest BCUT2D eigenvalue weighted by Crippen LogP contribution is 2.18. The Hall–Kier alpha value is -1.14. The number of fused-ring (bicyclic) bond motifs is 1. The van der Waals surface area contributed by atoms with Gasteiger partial charge in [0.25, 0.3) is 0 Å². The lowest BCUT2D eigenvalue weighted by Crippen LogP contribution is -2.00. The number of aromatic nitrogens is 4. The number of hydrogen-bond acceptors (Lipinski definition) is 5. The summed E-state index contributed by atoms with van der Waals surface area (Å²) in [5.41, 5.74) is 1.82. The van der Waals surface area contributed by atoms with Crippen LogP contribution in [-0.4, -0.2) is 39.1 Å². The number of thioether (sulfide) groups is 1. The molecule has 2 heterocycles. The van der Waals surface area contributed by atoms with Gasteiger partial charge in [-0.25, -0.2) is 4.98 Å². The molecule has 2 aromatic heterocycles. The zero-order chi connectivity index (χ0) is 11.5. The molecule has 0 atom stereocenters. The van der Waals surface area contributed by atoms with Crippen molar-refractivity contribution in [3.63, 3.8) is 0 Å². The fraction of sp³-hybridized carbons (Fsp3) is 0.500. The Morgan fingerprint density at radius 2 is 2.19 bits per heavy atom. The molecule has 0 radical (unpaired) electrons. The Morgan fingerprint density at radius 3 is 2.94 bits per heavy atom. The van der Waals surface area contributed by atoms with Crippen molar-refractivity contribution in [3.05, 3.63) is 17.6 Å². The average molecular weight is 238 g/mol. The van der Waals surface area contributed by atoms with Gasteiger partial charge in [-0.2, -0.15) is 0 Å². The quantitative estimate of drug-likeness (QED) is 0.596. The fourth-order valence-electron chi connectivity index (χ4n) is 1.51. The predicted octanol–water partition coefficient (Wildman–Crippen LogP) is 1.48. The summed E-state index contributed by atoms with van der Waals surface area (Å²) in [4.78, 5) is 4.40. The summed E-state index contributed by atoms with van der Waals surface area (Å²) in [6, 6.07) is 1.93. The molecule has 16 heavy (non-hydrogen) atoms. The smallest absolute Gasteiger partial charge is 0.197 e. The van der Waals surface area contributed by atoms with E-state index in [0.717, 1.165) is 28.1 Å². The van der Waals surface area contributed by atoms with Gasteiger partial charge in [0, 0.05) is 24.6 Å². The molecule has 86 valence electrons. The topological polar surface area (TPSA) is 52.3 Å². The van der Waals surface area contributed by atoms with E-state index in [1.165, 1.54) is 0 Å². The van der Waals surface area contributed by atoms with E-state index in [1.807, 2.05) is 24.3 Å². The van der Waals surface area contributed by atoms with Gasteiger partial charge in [0.05, 0.1) is 6.61 Å². The maximum absolute atomic E-state index is 5.01. The largest absolute Gasteiger partial charge is 0.384 e. The van der Waals surface area contributed by atoms with Crippen molar-refractivity contribution in [1.82, 2.24) is 19.6 Å². The molecule has 2 rings (SSSR count). The van der Waals surface area contributed by atoms with Crippen LogP contribution >= 0.6 is 11.8 Å². The van der Waals surface area contributed by atoms with Crippen LogP contribution in [0.4, 0.5) is 0 Å². The van der Waals surface area contributed by atoms with Crippen LogP contribution in [0.3, 0.4) is 0 Å². The minimum absolute atomic E-state index is 0.706. The molecule has 0 spiro atoms. The lowest BCUT2D eigenvalue weighted by atomic mass is 10.4. The normalized spacial score (nSPS) is 11.2. The van der Waals surface area contributed by atoms with Crippen LogP contribution in [0.2, 0.25) is 0 Å². The van der Waals surface area contributed by atoms with Crippen molar-refractivity contribution in [2.45, 2.75) is 19.0 Å². The highest BCUT2D eigenvalue weighted by atomic mass is 32.2. The van der Waals surface area contributed by atoms with Crippen LogP contribution < -0.4 is 0 Å². The first kappa shape index (κ1) is 11.3. The number of methoxy groups -OCH3 is 1. The predicted molar refractivity (Wildman–Crippen MR) is 62.9 cm³/mol. The van der Waals surface area contributed by atoms with E-state index >= 15 is 0 Å². The molecule has 0 fully saturated rings. The van der Waals surface area contributed by atoms with Crippen molar-refractivity contribution in [2.24, 2.45) is 0 Å². The summed E-state index contributed by atoms with van der Waals surface area (Å²) < 4.78 is 6.97. The Labute approximate surface area is 98.2 Å². The molecule has 5 nitrogen and oxygen atoms in total. The van der Waals surface area contributed by atoms with E-state index in [4.69, 9.17) is 4.74 Å². The second-order valence-electron chi connectivity index (χ2n) is 3.46. The first-order chi connectivity index (χ1) is 7.72. The van der Waals surface area contributed by atoms with Crippen molar-refractivity contribution >= 4 is 17.4 Å². The zero-order valence-electron chi connectivity index (χ0n) is 9.60. The molecule has 2 aromatic rings. The van der Waals surface area contributed by atoms with Crippen LogP contribution in [0.5, 0.6) is 0 Å². The Bertz CT molecular complexity index is 497. The second kappa shape index (κ2) is 4.80. The first-order valence-electron chi connectivity index (χ1n) is 5.03. The van der Waals surface area contributed by atoms with Gasteiger partial charge in [0.15, 0.2) is 10.8 Å². The number of aryl methyl sites for hydroxylation is 2. The van der Waals surface area contributed by atoms with Gasteiger partial charge in [-0.1, -0.05) is 11.8 Å². The summed E-state index contributed by atoms with van der Waals surface area (Å²) in [6.45, 7) is 4.63. The van der Waals surface area contributed by atoms with Gasteiger partial charge in [-0.15, -0.1) is 10.2 Å². The summed E-state index contributed by atoms with van der Waals surface area (Å²) in [6.07, 6.45) is 0. The Kier molecular flexibility index (Phi) is 3.40. The van der Waals surface area contributed by atoms with Crippen molar-refractivity contribution in [3.8, 4) is 0 Å². The highest BCUT2D eigenvalue weighted by Gasteiger charge is 2.09. The van der Waals surface area contributed by atoms with E-state index in [1.54, 1.807) is 18.9 Å². The molecule has 0 bridgehead atoms. The molecule has 0 amide bonds. The van der Waals surface area contributed by atoms with Crippen LogP contribution in [0.25, 0.3) is 5.65 Å². The third kappa shape index (κ3) is 2.17. The van der Waals surface area contributed by atoms with Crippen molar-refractivity contribution in [2.75, 3.05) is 19.5 Å². The summed E-state index contributed by atoms with van der Waals surface area (Å²) in [5, 5.41) is 9.15. The van der Waals surface area contributed by atoms with Gasteiger partial charge in [-0.3, -0.25) is 4.40 Å². The van der Waals surface area contributed by atoms with Crippen LogP contribution in [0.1, 0.15) is 11.5 Å². The van der Waals surface area contributed by atoms with E-state index in [2.05, 4.69) is 15.2 Å². The van der Waals surface area contributed by atoms with Crippen molar-refractivity contribution in [1.29, 1.82) is 0 Å². The minimum atomic E-state index is 0.706. The number of ether oxygens (including phenoxy) is 1. The average Bonchev–Trinajstić information content (AvgIpc) is 2.62. The van der Waals surface area contributed by atoms with Gasteiger partial charge in [0.1, 0.15) is 5.82 Å². The number of hydrogen-bond donors (Lipinski definition) is 0. The monoisotopic (exact) mass is 238 g/mol. The van der Waals surface area contributed by atoms with Gasteiger partial charge in [0.2, 0.25) is 0 Å². The summed E-state index contributed by atoms with van der Waals surface area (Å²) >= 11 is 1.63. The molecular formula is C10H14N4OS. The van der Waals surface area contributed by atoms with Crippen LogP contribution in [0.15, 0.2) is 11.2 Å². The Balaban J connectivity index is 2.33. The molecule has 0 aliphatic heterocycles. The molecule has 0 saturated carbocycles. The summed E-state index contributed by atoms with van der Waals surface area (Å²) in [5.74, 6) is 1.78. The van der Waals surface area contributed by atoms with Gasteiger partial charge in [-0.05, 0) is 13.8 Å². The lowest BCUT2D eigenvalue weighted by molar-refractivity contribution is 0.218. The highest BCUT2D eigenvalue weighted by molar-refractivity contribution is 7.99.